The summed E-state index contributed by atoms with van der Waals surface area (Å²) in [6, 6.07) is 31.1. The van der Waals surface area contributed by atoms with Crippen molar-refractivity contribution in [2.75, 3.05) is 40.5 Å². The zero-order valence-electron chi connectivity index (χ0n) is 43.0. The molecule has 0 aliphatic carbocycles. The van der Waals surface area contributed by atoms with Gasteiger partial charge in [0, 0.05) is 83.7 Å². The second-order valence-corrected chi connectivity index (χ2v) is 24.5. The normalized spacial score (nSPS) is 17.1. The number of fused-ring (bicyclic) bond motifs is 6. The van der Waals surface area contributed by atoms with Gasteiger partial charge in [-0.3, -0.25) is 19.2 Å². The number of rotatable bonds is 16. The quantitative estimate of drug-likeness (QED) is 0.0431. The summed E-state index contributed by atoms with van der Waals surface area (Å²) in [5.74, 6) is 4.66. The zero-order valence-corrected chi connectivity index (χ0v) is 44.0. The molecule has 4 amide bonds. The van der Waals surface area contributed by atoms with Gasteiger partial charge < -0.3 is 39.9 Å². The number of ether oxygens (including phenoxy) is 2. The number of aromatic nitrogens is 2. The van der Waals surface area contributed by atoms with Crippen LogP contribution in [0, 0.1) is 23.8 Å². The number of para-hydroxylation sites is 2. The van der Waals surface area contributed by atoms with Gasteiger partial charge in [0.15, 0.2) is 0 Å². The highest BCUT2D eigenvalue weighted by Gasteiger charge is 2.41. The predicted octanol–water partition coefficient (Wildman–Crippen LogP) is 9.67. The molecule has 0 radical (unpaired) electrons. The number of benzene rings is 4. The van der Waals surface area contributed by atoms with Crippen LogP contribution in [0.25, 0.3) is 21.8 Å². The maximum atomic E-state index is 13.8. The Morgan fingerprint density at radius 2 is 1.06 bits per heavy atom. The van der Waals surface area contributed by atoms with E-state index in [-0.39, 0.29) is 47.8 Å². The molecule has 0 saturated carbocycles. The first kappa shape index (κ1) is 52.9. The lowest BCUT2D eigenvalue weighted by Crippen LogP contribution is -2.47. The van der Waals surface area contributed by atoms with E-state index in [1.54, 1.807) is 26.4 Å². The number of methoxy groups -OCH3 is 2. The van der Waals surface area contributed by atoms with Crippen molar-refractivity contribution in [2.45, 2.75) is 109 Å². The van der Waals surface area contributed by atoms with E-state index in [1.807, 2.05) is 64.4 Å². The number of amides is 4. The standard InChI is InChI=1S/C31H39N3O3Si.C28H31N3O3/c1-6-7-10-24-21-26-25-11-8-9-12-27(25)33-29(26)30(34(24)28(35)17-20-38(3,4)5)22-13-15-23(16-14-22)31(36)32-18-19-37-2;1-4-6-9-21-18-23-22-10-7-8-11-24(22)30-26(23)27(31(21)25(32)5-2)19-12-14-20(15-13-19)28(33)29-16-17-34-3/h8-9,11-16,24,30,33H,6-7,10,18-19,21H2,1-5H3,(H,32,36);2,7-8,10-15,21,27,30H,4,6,9,16-18H2,1,3H3,(H,29,33)/t24-,30-;21-,27-/m00/s1. The van der Waals surface area contributed by atoms with E-state index in [4.69, 9.17) is 15.9 Å². The second kappa shape index (κ2) is 24.5. The summed E-state index contributed by atoms with van der Waals surface area (Å²) in [6.07, 6.45) is 13.2. The lowest BCUT2D eigenvalue weighted by Gasteiger charge is -2.41. The smallest absolute Gasteiger partial charge is 0.299 e. The molecule has 72 heavy (non-hydrogen) atoms. The topological polar surface area (TPSA) is 149 Å². The van der Waals surface area contributed by atoms with Crippen molar-refractivity contribution in [1.82, 2.24) is 30.4 Å². The van der Waals surface area contributed by atoms with Crippen molar-refractivity contribution < 1.29 is 28.7 Å². The molecule has 2 aromatic heterocycles. The average molecular weight is 987 g/mol. The van der Waals surface area contributed by atoms with Crippen molar-refractivity contribution in [1.29, 1.82) is 0 Å². The van der Waals surface area contributed by atoms with Crippen LogP contribution in [0.4, 0.5) is 0 Å². The molecule has 0 unspecified atom stereocenters. The zero-order chi connectivity index (χ0) is 51.4. The molecular formula is C59H70N6O6Si. The van der Waals surface area contributed by atoms with Gasteiger partial charge in [-0.25, -0.2) is 0 Å². The molecular weight excluding hydrogens is 917 g/mol. The second-order valence-electron chi connectivity index (χ2n) is 19.7. The van der Waals surface area contributed by atoms with E-state index in [0.29, 0.717) is 37.4 Å². The van der Waals surface area contributed by atoms with Gasteiger partial charge in [-0.15, -0.1) is 12.0 Å². The minimum atomic E-state index is -1.73. The van der Waals surface area contributed by atoms with Gasteiger partial charge >= 0.3 is 0 Å². The highest BCUT2D eigenvalue weighted by Crippen LogP contribution is 2.44. The number of aromatic amines is 2. The number of nitrogens with zero attached hydrogens (tertiary/aromatic N) is 2. The van der Waals surface area contributed by atoms with E-state index in [1.165, 1.54) is 21.9 Å². The summed E-state index contributed by atoms with van der Waals surface area (Å²) in [5, 5.41) is 8.11. The molecule has 0 fully saturated rings. The van der Waals surface area contributed by atoms with Crippen molar-refractivity contribution in [3.05, 3.63) is 142 Å². The molecule has 0 spiro atoms. The molecule has 2 aliphatic heterocycles. The van der Waals surface area contributed by atoms with Crippen LogP contribution >= 0.6 is 0 Å². The Balaban J connectivity index is 0.000000213. The number of H-pyrrole nitrogens is 2. The highest BCUT2D eigenvalue weighted by molar-refractivity contribution is 6.84. The minimum Gasteiger partial charge on any atom is -0.383 e. The van der Waals surface area contributed by atoms with E-state index >= 15 is 0 Å². The first-order valence-corrected chi connectivity index (χ1v) is 28.9. The number of carbonyl (C=O) groups excluding carboxylic acids is 4. The summed E-state index contributed by atoms with van der Waals surface area (Å²) >= 11 is 0. The Hall–Kier alpha value is -6.90. The Kier molecular flexibility index (Phi) is 18.0. The lowest BCUT2D eigenvalue weighted by molar-refractivity contribution is -0.130. The van der Waals surface area contributed by atoms with Gasteiger partial charge in [0.05, 0.1) is 25.3 Å². The lowest BCUT2D eigenvalue weighted by atomic mass is 9.86. The third-order valence-corrected chi connectivity index (χ3v) is 14.4. The van der Waals surface area contributed by atoms with Crippen LogP contribution in [0.3, 0.4) is 0 Å². The number of terminal acetylenes is 1. The minimum absolute atomic E-state index is 0.0113. The van der Waals surface area contributed by atoms with E-state index < -0.39 is 8.07 Å². The summed E-state index contributed by atoms with van der Waals surface area (Å²) in [4.78, 5) is 63.0. The van der Waals surface area contributed by atoms with Gasteiger partial charge in [0.25, 0.3) is 23.6 Å². The first-order valence-electron chi connectivity index (χ1n) is 25.4. The molecule has 376 valence electrons. The van der Waals surface area contributed by atoms with Crippen LogP contribution < -0.4 is 10.6 Å². The van der Waals surface area contributed by atoms with Crippen molar-refractivity contribution >= 4 is 53.5 Å². The number of hydrogen-bond acceptors (Lipinski definition) is 6. The van der Waals surface area contributed by atoms with Gasteiger partial charge in [-0.1, -0.05) is 120 Å². The van der Waals surface area contributed by atoms with Crippen molar-refractivity contribution in [3.63, 3.8) is 0 Å². The Labute approximate surface area is 426 Å². The van der Waals surface area contributed by atoms with Gasteiger partial charge in [0.2, 0.25) is 0 Å². The third kappa shape index (κ3) is 12.2. The van der Waals surface area contributed by atoms with E-state index in [0.717, 1.165) is 84.9 Å². The fraction of sp³-hybridized carbons (Fsp3) is 0.390. The summed E-state index contributed by atoms with van der Waals surface area (Å²) in [5.41, 5.74) is 13.0. The summed E-state index contributed by atoms with van der Waals surface area (Å²) < 4.78 is 10.0. The molecule has 0 saturated heterocycles. The van der Waals surface area contributed by atoms with Crippen LogP contribution in [0.2, 0.25) is 19.6 Å². The third-order valence-electron chi connectivity index (χ3n) is 13.5. The Bertz CT molecular complexity index is 2950. The van der Waals surface area contributed by atoms with Gasteiger partial charge in [0.1, 0.15) is 8.07 Å². The molecule has 12 nitrogen and oxygen atoms in total. The SMILES string of the molecule is C#CC(=O)N1[C@@H](CCCC)Cc2c([nH]c3ccccc23)[C@@H]1c1ccc(C(=O)NCCOC)cc1.CCCC[C@H]1Cc2c([nH]c3ccccc23)[C@H](c2ccc(C(=O)NCCOC)cc2)N1C(=O)C#C[Si](C)(C)C. The van der Waals surface area contributed by atoms with Gasteiger partial charge in [-0.05, 0) is 96.2 Å². The first-order chi connectivity index (χ1) is 34.8. The van der Waals surface area contributed by atoms with Crippen LogP contribution in [-0.2, 0) is 31.9 Å². The molecule has 8 rings (SSSR count). The van der Waals surface area contributed by atoms with Crippen molar-refractivity contribution in [2.24, 2.45) is 0 Å². The number of unbranched alkanes of at least 4 members (excludes halogenated alkanes) is 2. The molecule has 0 bridgehead atoms. The number of hydrogen-bond donors (Lipinski definition) is 4. The number of nitrogens with one attached hydrogen (secondary N) is 4. The number of carbonyl (C=O) groups is 4. The molecule has 4 N–H and O–H groups in total. The monoisotopic (exact) mass is 987 g/mol. The average Bonchev–Trinajstić information content (AvgIpc) is 3.96. The van der Waals surface area contributed by atoms with Crippen LogP contribution in [0.15, 0.2) is 97.1 Å². The Morgan fingerprint density at radius 3 is 1.44 bits per heavy atom. The molecule has 6 aromatic rings. The van der Waals surface area contributed by atoms with Crippen LogP contribution in [0.5, 0.6) is 0 Å². The Morgan fingerprint density at radius 1 is 0.639 bits per heavy atom. The van der Waals surface area contributed by atoms with E-state index in [9.17, 15) is 19.2 Å². The van der Waals surface area contributed by atoms with Crippen LogP contribution in [0.1, 0.15) is 119 Å². The molecule has 2 aliphatic rings. The largest absolute Gasteiger partial charge is 0.383 e. The molecule has 13 heteroatoms. The fourth-order valence-electron chi connectivity index (χ4n) is 10.0. The molecule has 4 atom stereocenters. The van der Waals surface area contributed by atoms with Gasteiger partial charge in [-0.2, -0.15) is 0 Å². The molecule has 4 heterocycles. The maximum absolute atomic E-state index is 13.8. The highest BCUT2D eigenvalue weighted by atomic mass is 28.3. The van der Waals surface area contributed by atoms with Crippen molar-refractivity contribution in [3.8, 4) is 23.8 Å². The predicted molar refractivity (Wildman–Crippen MR) is 289 cm³/mol. The maximum Gasteiger partial charge on any atom is 0.299 e. The summed E-state index contributed by atoms with van der Waals surface area (Å²) in [7, 11) is 1.47. The van der Waals surface area contributed by atoms with Crippen LogP contribution in [-0.4, -0.2) is 104 Å². The summed E-state index contributed by atoms with van der Waals surface area (Å²) in [6.45, 7) is 12.6. The molecule has 4 aromatic carbocycles. The van der Waals surface area contributed by atoms with E-state index in [2.05, 4.69) is 102 Å². The fourth-order valence-corrected chi connectivity index (χ4v) is 10.5.